The van der Waals surface area contributed by atoms with Crippen molar-refractivity contribution in [1.82, 2.24) is 0 Å². The van der Waals surface area contributed by atoms with E-state index >= 15 is 0 Å². The van der Waals surface area contributed by atoms with Crippen molar-refractivity contribution in [3.8, 4) is 0 Å². The first-order valence-corrected chi connectivity index (χ1v) is 4.28. The molecule has 0 aliphatic heterocycles. The van der Waals surface area contributed by atoms with Crippen LogP contribution in [0, 0.1) is 0 Å². The van der Waals surface area contributed by atoms with Crippen molar-refractivity contribution in [2.75, 3.05) is 0 Å². The summed E-state index contributed by atoms with van der Waals surface area (Å²) >= 11 is 0. The molecule has 70 valence electrons. The summed E-state index contributed by atoms with van der Waals surface area (Å²) in [6, 6.07) is 0. The van der Waals surface area contributed by atoms with E-state index in [2.05, 4.69) is 18.2 Å². The number of hydrogen-bond donors (Lipinski definition) is 0. The van der Waals surface area contributed by atoms with Gasteiger partial charge in [0, 0.05) is 5.71 Å². The van der Waals surface area contributed by atoms with Gasteiger partial charge >= 0.3 is 0 Å². The van der Waals surface area contributed by atoms with Crippen LogP contribution in [0.1, 0.15) is 20.8 Å². The van der Waals surface area contributed by atoms with Crippen molar-refractivity contribution in [3.05, 3.63) is 48.7 Å². The van der Waals surface area contributed by atoms with E-state index in [1.165, 1.54) is 0 Å². The fourth-order valence-electron chi connectivity index (χ4n) is 0.698. The van der Waals surface area contributed by atoms with Crippen LogP contribution in [0.5, 0.6) is 0 Å². The first kappa shape index (κ1) is 11.6. The van der Waals surface area contributed by atoms with Crippen LogP contribution < -0.4 is 0 Å². The first-order chi connectivity index (χ1) is 6.11. The van der Waals surface area contributed by atoms with E-state index < -0.39 is 0 Å². The molecule has 0 bridgehead atoms. The number of rotatable bonds is 4. The van der Waals surface area contributed by atoms with Crippen molar-refractivity contribution in [2.45, 2.75) is 20.8 Å². The van der Waals surface area contributed by atoms with Gasteiger partial charge in [0.05, 0.1) is 5.70 Å². The zero-order valence-corrected chi connectivity index (χ0v) is 8.67. The third-order valence-corrected chi connectivity index (χ3v) is 1.48. The second-order valence-corrected chi connectivity index (χ2v) is 2.82. The monoisotopic (exact) mass is 175 g/mol. The summed E-state index contributed by atoms with van der Waals surface area (Å²) in [6.45, 7) is 13.3. The van der Waals surface area contributed by atoms with E-state index in [4.69, 9.17) is 0 Å². The molecule has 0 aromatic rings. The van der Waals surface area contributed by atoms with E-state index in [9.17, 15) is 0 Å². The van der Waals surface area contributed by atoms with Crippen LogP contribution in [-0.4, -0.2) is 5.71 Å². The highest BCUT2D eigenvalue weighted by Gasteiger charge is 1.93. The highest BCUT2D eigenvalue weighted by molar-refractivity contribution is 5.93. The summed E-state index contributed by atoms with van der Waals surface area (Å²) in [5.74, 6) is 0. The van der Waals surface area contributed by atoms with Gasteiger partial charge in [-0.2, -0.15) is 0 Å². The zero-order chi connectivity index (χ0) is 10.3. The van der Waals surface area contributed by atoms with Gasteiger partial charge < -0.3 is 0 Å². The fraction of sp³-hybridized carbons (Fsp3) is 0.250. The summed E-state index contributed by atoms with van der Waals surface area (Å²) in [4.78, 5) is 4.34. The Kier molecular flexibility index (Phi) is 5.53. The van der Waals surface area contributed by atoms with Crippen LogP contribution in [0.4, 0.5) is 0 Å². The molecule has 0 unspecified atom stereocenters. The van der Waals surface area contributed by atoms with E-state index in [1.807, 2.05) is 39.0 Å². The molecular formula is C12H17N. The molecule has 1 nitrogen and oxygen atoms in total. The zero-order valence-electron chi connectivity index (χ0n) is 8.67. The maximum atomic E-state index is 4.34. The Labute approximate surface area is 80.9 Å². The van der Waals surface area contributed by atoms with Gasteiger partial charge in [0.2, 0.25) is 0 Å². The molecule has 1 heteroatoms. The Bertz CT molecular complexity index is 277. The summed E-state index contributed by atoms with van der Waals surface area (Å²) in [6.07, 6.45) is 7.58. The largest absolute Gasteiger partial charge is 0.254 e. The third-order valence-electron chi connectivity index (χ3n) is 1.48. The average Bonchev–Trinajstić information content (AvgIpc) is 2.11. The lowest BCUT2D eigenvalue weighted by atomic mass is 10.2. The van der Waals surface area contributed by atoms with Crippen molar-refractivity contribution in [2.24, 2.45) is 4.99 Å². The van der Waals surface area contributed by atoms with Crippen molar-refractivity contribution < 1.29 is 0 Å². The van der Waals surface area contributed by atoms with E-state index in [0.717, 1.165) is 17.0 Å². The van der Waals surface area contributed by atoms with Crippen molar-refractivity contribution in [3.63, 3.8) is 0 Å². The molecule has 0 aromatic carbocycles. The standard InChI is InChI=1S/C12H17N/c1-6-8-9-12(10(3)4)13-11(5)7-2/h6-9H,2-3H2,1,4-5H3/b8-6-,12-9+,13-11?. The summed E-state index contributed by atoms with van der Waals surface area (Å²) in [7, 11) is 0. The van der Waals surface area contributed by atoms with Gasteiger partial charge in [0.15, 0.2) is 0 Å². The summed E-state index contributed by atoms with van der Waals surface area (Å²) in [5.41, 5.74) is 2.76. The molecule has 0 amide bonds. The van der Waals surface area contributed by atoms with Gasteiger partial charge in [-0.05, 0) is 38.5 Å². The number of hydrogen-bond acceptors (Lipinski definition) is 1. The summed E-state index contributed by atoms with van der Waals surface area (Å²) < 4.78 is 0. The number of nitrogens with zero attached hydrogens (tertiary/aromatic N) is 1. The predicted octanol–water partition coefficient (Wildman–Crippen LogP) is 3.67. The minimum absolute atomic E-state index is 0.899. The second kappa shape index (κ2) is 6.18. The van der Waals surface area contributed by atoms with Crippen LogP contribution in [0.3, 0.4) is 0 Å². The maximum absolute atomic E-state index is 4.34. The maximum Gasteiger partial charge on any atom is 0.0655 e. The molecule has 0 radical (unpaired) electrons. The molecule has 0 heterocycles. The number of aliphatic imine (C=N–C) groups is 1. The molecule has 0 fully saturated rings. The van der Waals surface area contributed by atoms with Gasteiger partial charge in [-0.15, -0.1) is 0 Å². The molecule has 0 spiro atoms. The Morgan fingerprint density at radius 1 is 1.31 bits per heavy atom. The van der Waals surface area contributed by atoms with Gasteiger partial charge in [-0.25, -0.2) is 0 Å². The highest BCUT2D eigenvalue weighted by Crippen LogP contribution is 2.09. The quantitative estimate of drug-likeness (QED) is 0.456. The number of allylic oxidation sites excluding steroid dienone is 5. The van der Waals surface area contributed by atoms with Gasteiger partial charge in [0.1, 0.15) is 0 Å². The lowest BCUT2D eigenvalue weighted by Crippen LogP contribution is -1.87. The minimum atomic E-state index is 0.899. The minimum Gasteiger partial charge on any atom is -0.254 e. The molecule has 0 rings (SSSR count). The molecular weight excluding hydrogens is 158 g/mol. The van der Waals surface area contributed by atoms with Crippen LogP contribution in [0.2, 0.25) is 0 Å². The predicted molar refractivity (Wildman–Crippen MR) is 61.0 cm³/mol. The van der Waals surface area contributed by atoms with Gasteiger partial charge in [-0.1, -0.05) is 25.3 Å². The average molecular weight is 175 g/mol. The summed E-state index contributed by atoms with van der Waals surface area (Å²) in [5, 5.41) is 0. The Morgan fingerprint density at radius 2 is 1.92 bits per heavy atom. The lowest BCUT2D eigenvalue weighted by molar-refractivity contribution is 1.29. The van der Waals surface area contributed by atoms with Crippen LogP contribution in [0.15, 0.2) is 53.7 Å². The normalized spacial score (nSPS) is 13.5. The van der Waals surface area contributed by atoms with Crippen molar-refractivity contribution >= 4 is 5.71 Å². The molecule has 0 N–H and O–H groups in total. The third kappa shape index (κ3) is 4.96. The topological polar surface area (TPSA) is 12.4 Å². The second-order valence-electron chi connectivity index (χ2n) is 2.82. The molecule has 0 aliphatic rings. The van der Waals surface area contributed by atoms with Crippen LogP contribution in [0.25, 0.3) is 0 Å². The SMILES string of the molecule is C=CC(C)=N/C(=C/C=C\C)C(=C)C. The molecule has 0 saturated carbocycles. The Hall–Kier alpha value is -1.37. The Balaban J connectivity index is 4.83. The fourth-order valence-corrected chi connectivity index (χ4v) is 0.698. The first-order valence-electron chi connectivity index (χ1n) is 4.28. The highest BCUT2D eigenvalue weighted by atomic mass is 14.7. The Morgan fingerprint density at radius 3 is 2.31 bits per heavy atom. The molecule has 0 atom stereocenters. The van der Waals surface area contributed by atoms with Crippen LogP contribution in [-0.2, 0) is 0 Å². The molecule has 13 heavy (non-hydrogen) atoms. The van der Waals surface area contributed by atoms with Crippen molar-refractivity contribution in [1.29, 1.82) is 0 Å². The van der Waals surface area contributed by atoms with Crippen LogP contribution >= 0.6 is 0 Å². The molecule has 0 aliphatic carbocycles. The van der Waals surface area contributed by atoms with E-state index in [-0.39, 0.29) is 0 Å². The molecule has 0 saturated heterocycles. The van der Waals surface area contributed by atoms with Gasteiger partial charge in [-0.3, -0.25) is 4.99 Å². The van der Waals surface area contributed by atoms with Gasteiger partial charge in [0.25, 0.3) is 0 Å². The smallest absolute Gasteiger partial charge is 0.0655 e. The van der Waals surface area contributed by atoms with E-state index in [0.29, 0.717) is 0 Å². The van der Waals surface area contributed by atoms with E-state index in [1.54, 1.807) is 6.08 Å². The lowest BCUT2D eigenvalue weighted by Gasteiger charge is -1.99. The molecule has 0 aromatic heterocycles.